The Morgan fingerprint density at radius 3 is 1.80 bits per heavy atom. The van der Waals surface area contributed by atoms with Crippen LogP contribution in [-0.2, 0) is 5.92 Å². The first-order valence-corrected chi connectivity index (χ1v) is 4.18. The Hall–Kier alpha value is -1.13. The zero-order chi connectivity index (χ0) is 11.9. The van der Waals surface area contributed by atoms with Gasteiger partial charge >= 0.3 is 12.1 Å². The number of hydrogen-bond acceptors (Lipinski definition) is 0. The molecule has 1 rings (SSSR count). The van der Waals surface area contributed by atoms with Gasteiger partial charge in [0.05, 0.1) is 0 Å². The first-order valence-electron chi connectivity index (χ1n) is 4.18. The van der Waals surface area contributed by atoms with Crippen LogP contribution in [0.4, 0.5) is 22.0 Å². The van der Waals surface area contributed by atoms with Crippen molar-refractivity contribution in [3.63, 3.8) is 0 Å². The normalized spacial score (nSPS) is 13.0. The smallest absolute Gasteiger partial charge is 0.191 e. The maximum absolute atomic E-state index is 12.8. The highest BCUT2D eigenvalue weighted by Crippen LogP contribution is 2.44. The standard InChI is InChI=1S/C10H9F5/c1-6-3-4-8(5-7(6)2)9(11,12)10(13,14)15/h3-5H,1-2H3. The van der Waals surface area contributed by atoms with E-state index in [-0.39, 0.29) is 0 Å². The summed E-state index contributed by atoms with van der Waals surface area (Å²) >= 11 is 0. The molecule has 0 amide bonds. The van der Waals surface area contributed by atoms with Crippen LogP contribution in [0.25, 0.3) is 0 Å². The van der Waals surface area contributed by atoms with E-state index >= 15 is 0 Å². The summed E-state index contributed by atoms with van der Waals surface area (Å²) in [5.41, 5.74) is 0.0752. The second-order valence-corrected chi connectivity index (χ2v) is 3.37. The van der Waals surface area contributed by atoms with Crippen molar-refractivity contribution in [2.45, 2.75) is 25.9 Å². The van der Waals surface area contributed by atoms with E-state index in [4.69, 9.17) is 0 Å². The molecule has 0 fully saturated rings. The van der Waals surface area contributed by atoms with E-state index in [0.717, 1.165) is 12.1 Å². The van der Waals surface area contributed by atoms with Crippen LogP contribution in [-0.4, -0.2) is 6.18 Å². The molecule has 5 heteroatoms. The zero-order valence-corrected chi connectivity index (χ0v) is 8.12. The number of halogens is 5. The number of hydrogen-bond donors (Lipinski definition) is 0. The maximum Gasteiger partial charge on any atom is 0.458 e. The third-order valence-electron chi connectivity index (χ3n) is 2.23. The minimum Gasteiger partial charge on any atom is -0.191 e. The molecule has 0 aromatic heterocycles. The van der Waals surface area contributed by atoms with E-state index in [0.29, 0.717) is 11.1 Å². The van der Waals surface area contributed by atoms with E-state index in [1.165, 1.54) is 13.0 Å². The number of aryl methyl sites for hydroxylation is 2. The molecule has 0 spiro atoms. The summed E-state index contributed by atoms with van der Waals surface area (Å²) in [6.45, 7) is 3.14. The maximum atomic E-state index is 12.8. The summed E-state index contributed by atoms with van der Waals surface area (Å²) in [5, 5.41) is 0. The van der Waals surface area contributed by atoms with Crippen LogP contribution in [0.2, 0.25) is 0 Å². The lowest BCUT2D eigenvalue weighted by Crippen LogP contribution is -2.33. The molecular weight excluding hydrogens is 215 g/mol. The topological polar surface area (TPSA) is 0 Å². The fourth-order valence-corrected chi connectivity index (χ4v) is 1.10. The van der Waals surface area contributed by atoms with Crippen molar-refractivity contribution < 1.29 is 22.0 Å². The Bertz CT molecular complexity index is 365. The van der Waals surface area contributed by atoms with Crippen LogP contribution >= 0.6 is 0 Å². The van der Waals surface area contributed by atoms with Gasteiger partial charge in [-0.15, -0.1) is 0 Å². The molecule has 0 saturated heterocycles. The summed E-state index contributed by atoms with van der Waals surface area (Å²) in [6.07, 6.45) is -5.55. The molecule has 15 heavy (non-hydrogen) atoms. The largest absolute Gasteiger partial charge is 0.458 e. The Kier molecular flexibility index (Phi) is 2.76. The molecule has 0 aliphatic rings. The predicted octanol–water partition coefficient (Wildman–Crippen LogP) is 3.96. The van der Waals surface area contributed by atoms with Crippen molar-refractivity contribution >= 4 is 0 Å². The van der Waals surface area contributed by atoms with Crippen LogP contribution in [0.3, 0.4) is 0 Å². The van der Waals surface area contributed by atoms with Crippen LogP contribution in [0, 0.1) is 13.8 Å². The molecule has 1 aromatic rings. The Morgan fingerprint density at radius 2 is 1.40 bits per heavy atom. The van der Waals surface area contributed by atoms with Crippen molar-refractivity contribution in [1.82, 2.24) is 0 Å². The SMILES string of the molecule is Cc1ccc(C(F)(F)C(F)(F)F)cc1C. The van der Waals surface area contributed by atoms with Crippen molar-refractivity contribution in [2.75, 3.05) is 0 Å². The molecular formula is C10H9F5. The van der Waals surface area contributed by atoms with Crippen LogP contribution in [0.5, 0.6) is 0 Å². The summed E-state index contributed by atoms with van der Waals surface area (Å²) in [6, 6.07) is 2.92. The van der Waals surface area contributed by atoms with Gasteiger partial charge in [0.25, 0.3) is 0 Å². The van der Waals surface area contributed by atoms with Crippen molar-refractivity contribution in [3.05, 3.63) is 34.9 Å². The van der Waals surface area contributed by atoms with Gasteiger partial charge in [-0.1, -0.05) is 12.1 Å². The number of alkyl halides is 5. The molecule has 0 aliphatic heterocycles. The van der Waals surface area contributed by atoms with Gasteiger partial charge in [-0.25, -0.2) is 0 Å². The average molecular weight is 224 g/mol. The molecule has 0 heterocycles. The predicted molar refractivity (Wildman–Crippen MR) is 45.9 cm³/mol. The molecule has 0 unspecified atom stereocenters. The van der Waals surface area contributed by atoms with E-state index in [2.05, 4.69) is 0 Å². The lowest BCUT2D eigenvalue weighted by atomic mass is 10.0. The van der Waals surface area contributed by atoms with E-state index < -0.39 is 17.7 Å². The van der Waals surface area contributed by atoms with Crippen LogP contribution in [0.15, 0.2) is 18.2 Å². The molecule has 0 atom stereocenters. The second-order valence-electron chi connectivity index (χ2n) is 3.37. The molecule has 84 valence electrons. The van der Waals surface area contributed by atoms with E-state index in [1.807, 2.05) is 0 Å². The lowest BCUT2D eigenvalue weighted by Gasteiger charge is -2.20. The monoisotopic (exact) mass is 224 g/mol. The van der Waals surface area contributed by atoms with Gasteiger partial charge in [-0.3, -0.25) is 0 Å². The average Bonchev–Trinajstić information content (AvgIpc) is 2.07. The highest BCUT2D eigenvalue weighted by Gasteiger charge is 2.58. The second kappa shape index (κ2) is 3.47. The fraction of sp³-hybridized carbons (Fsp3) is 0.400. The molecule has 1 aromatic carbocycles. The highest BCUT2D eigenvalue weighted by atomic mass is 19.4. The Morgan fingerprint density at radius 1 is 0.867 bits per heavy atom. The quantitative estimate of drug-likeness (QED) is 0.633. The van der Waals surface area contributed by atoms with Crippen LogP contribution < -0.4 is 0 Å². The van der Waals surface area contributed by atoms with Gasteiger partial charge in [0.15, 0.2) is 0 Å². The molecule has 0 saturated carbocycles. The minimum absolute atomic E-state index is 0.413. The molecule has 0 nitrogen and oxygen atoms in total. The molecule has 0 aliphatic carbocycles. The summed E-state index contributed by atoms with van der Waals surface area (Å²) in [7, 11) is 0. The first kappa shape index (κ1) is 11.9. The lowest BCUT2D eigenvalue weighted by molar-refractivity contribution is -0.289. The first-order chi connectivity index (χ1) is 6.66. The number of rotatable bonds is 1. The summed E-state index contributed by atoms with van der Waals surface area (Å²) < 4.78 is 61.7. The van der Waals surface area contributed by atoms with Gasteiger partial charge < -0.3 is 0 Å². The third kappa shape index (κ3) is 2.11. The Balaban J connectivity index is 3.22. The highest BCUT2D eigenvalue weighted by molar-refractivity contribution is 5.32. The van der Waals surface area contributed by atoms with E-state index in [1.54, 1.807) is 6.92 Å². The van der Waals surface area contributed by atoms with Gasteiger partial charge in [-0.05, 0) is 31.0 Å². The van der Waals surface area contributed by atoms with Gasteiger partial charge in [-0.2, -0.15) is 22.0 Å². The minimum atomic E-state index is -5.55. The van der Waals surface area contributed by atoms with E-state index in [9.17, 15) is 22.0 Å². The Labute approximate surface area is 83.7 Å². The van der Waals surface area contributed by atoms with Gasteiger partial charge in [0, 0.05) is 5.56 Å². The molecule has 0 bridgehead atoms. The van der Waals surface area contributed by atoms with Crippen LogP contribution in [0.1, 0.15) is 16.7 Å². The van der Waals surface area contributed by atoms with Crippen molar-refractivity contribution in [1.29, 1.82) is 0 Å². The van der Waals surface area contributed by atoms with Gasteiger partial charge in [0.1, 0.15) is 0 Å². The summed E-state index contributed by atoms with van der Waals surface area (Å²) in [5.74, 6) is -4.79. The van der Waals surface area contributed by atoms with Gasteiger partial charge in [0.2, 0.25) is 0 Å². The third-order valence-corrected chi connectivity index (χ3v) is 2.23. The summed E-state index contributed by atoms with van der Waals surface area (Å²) in [4.78, 5) is 0. The molecule has 0 radical (unpaired) electrons. The fourth-order valence-electron chi connectivity index (χ4n) is 1.10. The zero-order valence-electron chi connectivity index (χ0n) is 8.12. The molecule has 0 N–H and O–H groups in total. The van der Waals surface area contributed by atoms with Crippen molar-refractivity contribution in [3.8, 4) is 0 Å². The number of benzene rings is 1. The van der Waals surface area contributed by atoms with Crippen molar-refractivity contribution in [2.24, 2.45) is 0 Å².